The molecule has 2 aromatic carbocycles. The normalized spacial score (nSPS) is 26.2. The molecule has 4 rings (SSSR count). The molecule has 0 amide bonds. The second kappa shape index (κ2) is 10.2. The highest BCUT2D eigenvalue weighted by Gasteiger charge is 2.35. The first-order valence-electron chi connectivity index (χ1n) is 11.5. The first kappa shape index (κ1) is 19.6. The van der Waals surface area contributed by atoms with Gasteiger partial charge in [-0.05, 0) is 24.8 Å². The van der Waals surface area contributed by atoms with E-state index < -0.39 is 0 Å². The molecule has 0 bridgehead atoms. The Labute approximate surface area is 170 Å². The predicted molar refractivity (Wildman–Crippen MR) is 115 cm³/mol. The van der Waals surface area contributed by atoms with Crippen molar-refractivity contribution >= 4 is 0 Å². The lowest BCUT2D eigenvalue weighted by Crippen LogP contribution is -3.17. The van der Waals surface area contributed by atoms with Crippen LogP contribution in [0.3, 0.4) is 0 Å². The first-order valence-corrected chi connectivity index (χ1v) is 11.5. The summed E-state index contributed by atoms with van der Waals surface area (Å²) in [5.41, 5.74) is 3.01. The van der Waals surface area contributed by atoms with Crippen molar-refractivity contribution in [2.45, 2.75) is 44.2 Å². The van der Waals surface area contributed by atoms with Crippen LogP contribution in [0.4, 0.5) is 0 Å². The second-order valence-electron chi connectivity index (χ2n) is 8.92. The molecule has 2 heterocycles. The smallest absolute Gasteiger partial charge is 0.127 e. The summed E-state index contributed by atoms with van der Waals surface area (Å²) in [4.78, 5) is 3.58. The van der Waals surface area contributed by atoms with Crippen LogP contribution in [0.1, 0.15) is 42.7 Å². The van der Waals surface area contributed by atoms with Crippen LogP contribution in [0.15, 0.2) is 60.7 Å². The Morgan fingerprint density at radius 2 is 1.50 bits per heavy atom. The Morgan fingerprint density at radius 3 is 2.25 bits per heavy atom. The molecule has 0 radical (unpaired) electrons. The van der Waals surface area contributed by atoms with Crippen molar-refractivity contribution in [3.63, 3.8) is 0 Å². The minimum Gasteiger partial charge on any atom is -0.338 e. The van der Waals surface area contributed by atoms with Crippen LogP contribution in [0.5, 0.6) is 0 Å². The lowest BCUT2D eigenvalue weighted by atomic mass is 9.85. The van der Waals surface area contributed by atoms with E-state index in [-0.39, 0.29) is 0 Å². The number of rotatable bonds is 7. The monoisotopic (exact) mass is 380 g/mol. The van der Waals surface area contributed by atoms with Crippen molar-refractivity contribution in [3.8, 4) is 0 Å². The average molecular weight is 381 g/mol. The van der Waals surface area contributed by atoms with Gasteiger partial charge in [-0.15, -0.1) is 0 Å². The SMILES string of the molecule is c1ccc(C[NH+]2CC[C@@H]([NH2+]CC[NH+]3CCCCC3)[C@H](c3ccccc3)C2)cc1. The molecule has 3 nitrogen and oxygen atoms in total. The van der Waals surface area contributed by atoms with E-state index in [4.69, 9.17) is 0 Å². The van der Waals surface area contributed by atoms with E-state index in [2.05, 4.69) is 66.0 Å². The second-order valence-corrected chi connectivity index (χ2v) is 8.92. The average Bonchev–Trinajstić information content (AvgIpc) is 2.77. The van der Waals surface area contributed by atoms with E-state index in [0.29, 0.717) is 5.92 Å². The van der Waals surface area contributed by atoms with E-state index in [9.17, 15) is 0 Å². The molecule has 0 spiro atoms. The molecule has 150 valence electrons. The van der Waals surface area contributed by atoms with Gasteiger partial charge in [0.05, 0.1) is 32.1 Å². The maximum absolute atomic E-state index is 2.69. The summed E-state index contributed by atoms with van der Waals surface area (Å²) >= 11 is 0. The number of likely N-dealkylation sites (tertiary alicyclic amines) is 2. The number of hydrogen-bond donors (Lipinski definition) is 3. The molecule has 1 unspecified atom stereocenters. The molecule has 2 saturated heterocycles. The van der Waals surface area contributed by atoms with Gasteiger partial charge < -0.3 is 15.1 Å². The van der Waals surface area contributed by atoms with Gasteiger partial charge >= 0.3 is 0 Å². The van der Waals surface area contributed by atoms with Crippen molar-refractivity contribution in [1.82, 2.24) is 0 Å². The fourth-order valence-corrected chi connectivity index (χ4v) is 5.33. The van der Waals surface area contributed by atoms with Crippen LogP contribution in [0, 0.1) is 0 Å². The largest absolute Gasteiger partial charge is 0.338 e. The maximum atomic E-state index is 2.69. The van der Waals surface area contributed by atoms with Gasteiger partial charge in [-0.25, -0.2) is 0 Å². The first-order chi connectivity index (χ1) is 13.9. The quantitative estimate of drug-likeness (QED) is 0.614. The summed E-state index contributed by atoms with van der Waals surface area (Å²) in [6.07, 6.45) is 5.65. The Bertz CT molecular complexity index is 681. The van der Waals surface area contributed by atoms with E-state index in [0.717, 1.165) is 12.6 Å². The van der Waals surface area contributed by atoms with E-state index in [1.54, 1.807) is 10.5 Å². The molecule has 3 atom stereocenters. The third kappa shape index (κ3) is 5.44. The summed E-state index contributed by atoms with van der Waals surface area (Å²) in [6, 6.07) is 23.1. The molecular weight excluding hydrogens is 342 g/mol. The van der Waals surface area contributed by atoms with Gasteiger partial charge in [-0.1, -0.05) is 60.7 Å². The van der Waals surface area contributed by atoms with E-state index in [1.165, 1.54) is 70.5 Å². The Morgan fingerprint density at radius 1 is 0.786 bits per heavy atom. The third-order valence-electron chi connectivity index (χ3n) is 6.91. The van der Waals surface area contributed by atoms with Crippen LogP contribution < -0.4 is 15.1 Å². The van der Waals surface area contributed by atoms with Gasteiger partial charge in [-0.2, -0.15) is 0 Å². The molecule has 28 heavy (non-hydrogen) atoms. The zero-order valence-electron chi connectivity index (χ0n) is 17.3. The lowest BCUT2D eigenvalue weighted by molar-refractivity contribution is -0.934. The van der Waals surface area contributed by atoms with Crippen molar-refractivity contribution < 1.29 is 15.1 Å². The number of nitrogens with one attached hydrogen (secondary N) is 2. The van der Waals surface area contributed by atoms with Crippen LogP contribution >= 0.6 is 0 Å². The fourth-order valence-electron chi connectivity index (χ4n) is 5.33. The van der Waals surface area contributed by atoms with Crippen LogP contribution in [-0.4, -0.2) is 45.3 Å². The van der Waals surface area contributed by atoms with Crippen molar-refractivity contribution in [3.05, 3.63) is 71.8 Å². The number of piperidine rings is 2. The highest BCUT2D eigenvalue weighted by Crippen LogP contribution is 2.20. The third-order valence-corrected chi connectivity index (χ3v) is 6.91. The van der Waals surface area contributed by atoms with Crippen molar-refractivity contribution in [1.29, 1.82) is 0 Å². The number of benzene rings is 2. The molecule has 0 saturated carbocycles. The molecular formula is C25H38N3+3. The van der Waals surface area contributed by atoms with Crippen molar-refractivity contribution in [2.24, 2.45) is 0 Å². The highest BCUT2D eigenvalue weighted by molar-refractivity contribution is 5.21. The molecule has 2 aromatic rings. The Hall–Kier alpha value is -1.68. The number of hydrogen-bond acceptors (Lipinski definition) is 0. The maximum Gasteiger partial charge on any atom is 0.127 e. The highest BCUT2D eigenvalue weighted by atomic mass is 15.2. The number of nitrogens with two attached hydrogens (primary N) is 1. The summed E-state index contributed by atoms with van der Waals surface area (Å²) < 4.78 is 0. The summed E-state index contributed by atoms with van der Waals surface area (Å²) in [6.45, 7) is 9.16. The van der Waals surface area contributed by atoms with Crippen LogP contribution in [0.25, 0.3) is 0 Å². The summed E-state index contributed by atoms with van der Waals surface area (Å²) in [5, 5.41) is 2.69. The van der Waals surface area contributed by atoms with Crippen molar-refractivity contribution in [2.75, 3.05) is 39.3 Å². The van der Waals surface area contributed by atoms with E-state index >= 15 is 0 Å². The lowest BCUT2D eigenvalue weighted by Gasteiger charge is -2.35. The Kier molecular flexibility index (Phi) is 7.15. The van der Waals surface area contributed by atoms with Gasteiger partial charge in [-0.3, -0.25) is 0 Å². The number of quaternary nitrogens is 3. The minimum absolute atomic E-state index is 0.671. The van der Waals surface area contributed by atoms with Crippen LogP contribution in [-0.2, 0) is 6.54 Å². The fraction of sp³-hybridized carbons (Fsp3) is 0.520. The minimum atomic E-state index is 0.671. The van der Waals surface area contributed by atoms with Gasteiger partial charge in [0.2, 0.25) is 0 Å². The molecule has 2 aliphatic rings. The van der Waals surface area contributed by atoms with Gasteiger partial charge in [0.1, 0.15) is 25.7 Å². The topological polar surface area (TPSA) is 25.5 Å². The molecule has 0 aliphatic carbocycles. The van der Waals surface area contributed by atoms with Gasteiger partial charge in [0, 0.05) is 12.0 Å². The molecule has 2 aliphatic heterocycles. The standard InChI is InChI=1S/C25H35N3/c1-4-10-22(11-5-1)20-28-18-14-25(24(21-28)23-12-6-2-7-13-23)26-15-19-27-16-8-3-9-17-27/h1-2,4-7,10-13,24-26H,3,8-9,14-21H2/p+3/t24-,25+/m0/s1. The molecule has 3 heteroatoms. The van der Waals surface area contributed by atoms with Gasteiger partial charge in [0.15, 0.2) is 0 Å². The molecule has 0 aromatic heterocycles. The van der Waals surface area contributed by atoms with Gasteiger partial charge in [0.25, 0.3) is 0 Å². The Balaban J connectivity index is 1.36. The summed E-state index contributed by atoms with van der Waals surface area (Å²) in [7, 11) is 0. The zero-order valence-corrected chi connectivity index (χ0v) is 17.3. The predicted octanol–water partition coefficient (Wildman–Crippen LogP) is 0.260. The van der Waals surface area contributed by atoms with Crippen LogP contribution in [0.2, 0.25) is 0 Å². The van der Waals surface area contributed by atoms with E-state index in [1.807, 2.05) is 4.90 Å². The molecule has 4 N–H and O–H groups in total. The molecule has 2 fully saturated rings. The summed E-state index contributed by atoms with van der Waals surface area (Å²) in [5.74, 6) is 0.671. The zero-order chi connectivity index (χ0) is 19.0.